The van der Waals surface area contributed by atoms with Crippen LogP contribution in [0.2, 0.25) is 0 Å². The molecule has 0 aliphatic heterocycles. The molecule has 2 aromatic carbocycles. The second-order valence-corrected chi connectivity index (χ2v) is 6.44. The highest BCUT2D eigenvalue weighted by atomic mass is 16.5. The van der Waals surface area contributed by atoms with Crippen LogP contribution in [0.25, 0.3) is 0 Å². The Labute approximate surface area is 148 Å². The first kappa shape index (κ1) is 17.2. The average Bonchev–Trinajstić information content (AvgIpc) is 3.39. The monoisotopic (exact) mass is 337 g/mol. The molecule has 25 heavy (non-hydrogen) atoms. The first-order chi connectivity index (χ1) is 12.1. The van der Waals surface area contributed by atoms with E-state index in [0.717, 1.165) is 16.8 Å². The summed E-state index contributed by atoms with van der Waals surface area (Å²) in [4.78, 5) is 14.4. The minimum absolute atomic E-state index is 0.119. The maximum absolute atomic E-state index is 12.4. The number of carbonyl (C=O) groups excluding carboxylic acids is 1. The zero-order chi connectivity index (χ0) is 17.9. The van der Waals surface area contributed by atoms with Crippen LogP contribution >= 0.6 is 0 Å². The molecule has 0 saturated heterocycles. The van der Waals surface area contributed by atoms with Gasteiger partial charge in [0.1, 0.15) is 5.60 Å². The van der Waals surface area contributed by atoms with Gasteiger partial charge in [-0.1, -0.05) is 42.5 Å². The van der Waals surface area contributed by atoms with Crippen LogP contribution in [0.4, 0.5) is 5.69 Å². The standard InChI is InChI=1S/C20H23N3O2/c1-23(2)17-11-9-15(10-12-17)14-21-22-19(24)18-13-20(18,25-3)16-7-5-4-6-8-16/h4-12,14,18H,13H2,1-3H3,(H,22,24). The van der Waals surface area contributed by atoms with Gasteiger partial charge >= 0.3 is 0 Å². The van der Waals surface area contributed by atoms with Gasteiger partial charge in [0.05, 0.1) is 12.1 Å². The number of hydrogen-bond acceptors (Lipinski definition) is 4. The smallest absolute Gasteiger partial charge is 0.246 e. The van der Waals surface area contributed by atoms with Gasteiger partial charge in [0, 0.05) is 26.9 Å². The first-order valence-electron chi connectivity index (χ1n) is 8.28. The number of hydrogen-bond donors (Lipinski definition) is 1. The number of amides is 1. The molecule has 1 amide bonds. The highest BCUT2D eigenvalue weighted by Crippen LogP contribution is 2.54. The summed E-state index contributed by atoms with van der Waals surface area (Å²) in [6, 6.07) is 17.8. The number of benzene rings is 2. The molecule has 0 spiro atoms. The Kier molecular flexibility index (Phi) is 4.86. The number of methoxy groups -OCH3 is 1. The van der Waals surface area contributed by atoms with Crippen LogP contribution in [-0.4, -0.2) is 33.3 Å². The second kappa shape index (κ2) is 7.07. The van der Waals surface area contributed by atoms with E-state index in [1.807, 2.05) is 73.6 Å². The molecule has 0 radical (unpaired) electrons. The number of ether oxygens (including phenoxy) is 1. The number of nitrogens with zero attached hydrogens (tertiary/aromatic N) is 2. The number of nitrogens with one attached hydrogen (secondary N) is 1. The predicted octanol–water partition coefficient (Wildman–Crippen LogP) is 2.76. The molecular weight excluding hydrogens is 314 g/mol. The number of hydrazone groups is 1. The van der Waals surface area contributed by atoms with E-state index >= 15 is 0 Å². The predicted molar refractivity (Wildman–Crippen MR) is 99.7 cm³/mol. The third-order valence-electron chi connectivity index (χ3n) is 4.65. The third-order valence-corrected chi connectivity index (χ3v) is 4.65. The molecule has 0 bridgehead atoms. The minimum Gasteiger partial charge on any atom is -0.378 e. The SMILES string of the molecule is COC1(c2ccccc2)CC1C(=O)NN=Cc1ccc(N(C)C)cc1. The Morgan fingerprint density at radius 1 is 1.20 bits per heavy atom. The van der Waals surface area contributed by atoms with Gasteiger partial charge < -0.3 is 9.64 Å². The van der Waals surface area contributed by atoms with E-state index in [0.29, 0.717) is 6.42 Å². The molecule has 1 saturated carbocycles. The Bertz CT molecular complexity index is 756. The molecule has 1 N–H and O–H groups in total. The molecular formula is C20H23N3O2. The summed E-state index contributed by atoms with van der Waals surface area (Å²) in [6.07, 6.45) is 2.32. The largest absolute Gasteiger partial charge is 0.378 e. The van der Waals surface area contributed by atoms with E-state index < -0.39 is 5.60 Å². The van der Waals surface area contributed by atoms with Crippen LogP contribution in [0.3, 0.4) is 0 Å². The third kappa shape index (κ3) is 3.56. The Hall–Kier alpha value is -2.66. The van der Waals surface area contributed by atoms with Crippen molar-refractivity contribution in [1.82, 2.24) is 5.43 Å². The van der Waals surface area contributed by atoms with Crippen molar-refractivity contribution in [2.45, 2.75) is 12.0 Å². The maximum atomic E-state index is 12.4. The van der Waals surface area contributed by atoms with Crippen LogP contribution in [0.15, 0.2) is 59.7 Å². The highest BCUT2D eigenvalue weighted by molar-refractivity contribution is 5.86. The van der Waals surface area contributed by atoms with Crippen molar-refractivity contribution >= 4 is 17.8 Å². The van der Waals surface area contributed by atoms with Crippen molar-refractivity contribution in [3.63, 3.8) is 0 Å². The Morgan fingerprint density at radius 3 is 2.48 bits per heavy atom. The Morgan fingerprint density at radius 2 is 1.88 bits per heavy atom. The molecule has 5 heteroatoms. The maximum Gasteiger partial charge on any atom is 0.246 e. The number of carbonyl (C=O) groups is 1. The normalized spacial score (nSPS) is 22.0. The lowest BCUT2D eigenvalue weighted by atomic mass is 10.1. The zero-order valence-electron chi connectivity index (χ0n) is 14.8. The van der Waals surface area contributed by atoms with Crippen LogP contribution in [0, 0.1) is 5.92 Å². The lowest BCUT2D eigenvalue weighted by Crippen LogP contribution is -2.25. The summed E-state index contributed by atoms with van der Waals surface area (Å²) >= 11 is 0. The summed E-state index contributed by atoms with van der Waals surface area (Å²) < 4.78 is 5.65. The van der Waals surface area contributed by atoms with Crippen molar-refractivity contribution in [3.8, 4) is 0 Å². The van der Waals surface area contributed by atoms with Crippen LogP contribution in [0.5, 0.6) is 0 Å². The van der Waals surface area contributed by atoms with Crippen molar-refractivity contribution in [2.75, 3.05) is 26.1 Å². The molecule has 3 rings (SSSR count). The van der Waals surface area contributed by atoms with Crippen molar-refractivity contribution in [1.29, 1.82) is 0 Å². The molecule has 1 fully saturated rings. The molecule has 0 heterocycles. The van der Waals surface area contributed by atoms with Gasteiger partial charge in [-0.3, -0.25) is 4.79 Å². The van der Waals surface area contributed by atoms with Crippen LogP contribution in [0.1, 0.15) is 17.5 Å². The van der Waals surface area contributed by atoms with Gasteiger partial charge in [-0.2, -0.15) is 5.10 Å². The van der Waals surface area contributed by atoms with E-state index in [1.54, 1.807) is 13.3 Å². The van der Waals surface area contributed by atoms with Crippen molar-refractivity contribution < 1.29 is 9.53 Å². The van der Waals surface area contributed by atoms with Crippen molar-refractivity contribution in [2.24, 2.45) is 11.0 Å². The quantitative estimate of drug-likeness (QED) is 0.651. The van der Waals surface area contributed by atoms with E-state index in [1.165, 1.54) is 0 Å². The zero-order valence-corrected chi connectivity index (χ0v) is 14.8. The molecule has 2 aromatic rings. The summed E-state index contributed by atoms with van der Waals surface area (Å²) in [5.74, 6) is -0.333. The van der Waals surface area contributed by atoms with Crippen molar-refractivity contribution in [3.05, 3.63) is 65.7 Å². The van der Waals surface area contributed by atoms with Crippen LogP contribution < -0.4 is 10.3 Å². The van der Waals surface area contributed by atoms with Gasteiger partial charge in [-0.05, 0) is 29.7 Å². The fraction of sp³-hybridized carbons (Fsp3) is 0.300. The summed E-state index contributed by atoms with van der Waals surface area (Å²) in [6.45, 7) is 0. The molecule has 5 nitrogen and oxygen atoms in total. The summed E-state index contributed by atoms with van der Waals surface area (Å²) in [7, 11) is 5.64. The van der Waals surface area contributed by atoms with E-state index in [9.17, 15) is 4.79 Å². The summed E-state index contributed by atoms with van der Waals surface area (Å²) in [5.41, 5.74) is 5.19. The average molecular weight is 337 g/mol. The lowest BCUT2D eigenvalue weighted by Gasteiger charge is -2.15. The minimum atomic E-state index is -0.520. The van der Waals surface area contributed by atoms with Gasteiger partial charge in [-0.25, -0.2) is 5.43 Å². The van der Waals surface area contributed by atoms with E-state index in [2.05, 4.69) is 10.5 Å². The van der Waals surface area contributed by atoms with Gasteiger partial charge in [-0.15, -0.1) is 0 Å². The molecule has 0 aromatic heterocycles. The second-order valence-electron chi connectivity index (χ2n) is 6.44. The number of rotatable bonds is 6. The molecule has 1 aliphatic carbocycles. The van der Waals surface area contributed by atoms with E-state index in [-0.39, 0.29) is 11.8 Å². The molecule has 1 aliphatic rings. The molecule has 2 unspecified atom stereocenters. The first-order valence-corrected chi connectivity index (χ1v) is 8.28. The fourth-order valence-electron chi connectivity index (χ4n) is 3.04. The summed E-state index contributed by atoms with van der Waals surface area (Å²) in [5, 5.41) is 4.08. The van der Waals surface area contributed by atoms with E-state index in [4.69, 9.17) is 4.74 Å². The number of anilines is 1. The Balaban J connectivity index is 1.60. The fourth-order valence-corrected chi connectivity index (χ4v) is 3.04. The lowest BCUT2D eigenvalue weighted by molar-refractivity contribution is -0.124. The molecule has 130 valence electrons. The van der Waals surface area contributed by atoms with Crippen LogP contribution in [-0.2, 0) is 15.1 Å². The van der Waals surface area contributed by atoms with Gasteiger partial charge in [0.15, 0.2) is 0 Å². The topological polar surface area (TPSA) is 53.9 Å². The highest BCUT2D eigenvalue weighted by Gasteiger charge is 2.60. The molecule has 2 atom stereocenters. The van der Waals surface area contributed by atoms with Gasteiger partial charge in [0.2, 0.25) is 5.91 Å². The van der Waals surface area contributed by atoms with Gasteiger partial charge in [0.25, 0.3) is 0 Å².